The highest BCUT2D eigenvalue weighted by atomic mass is 32.2. The topological polar surface area (TPSA) is 68.5 Å². The maximum Gasteiger partial charge on any atom is 0.263 e. The third kappa shape index (κ3) is 3.94. The number of rotatable bonds is 4. The molecule has 0 saturated carbocycles. The number of hydrogen-bond donors (Lipinski definition) is 0. The Morgan fingerprint density at radius 3 is 2.50 bits per heavy atom. The van der Waals surface area contributed by atoms with Gasteiger partial charge in [-0.25, -0.2) is 8.42 Å². The van der Waals surface area contributed by atoms with Crippen molar-refractivity contribution in [3.05, 3.63) is 64.0 Å². The van der Waals surface area contributed by atoms with E-state index in [2.05, 4.69) is 4.99 Å². The van der Waals surface area contributed by atoms with Crippen LogP contribution in [0.4, 0.5) is 0 Å². The summed E-state index contributed by atoms with van der Waals surface area (Å²) in [5.41, 5.74) is 3.98. The Morgan fingerprint density at radius 2 is 1.81 bits per heavy atom. The van der Waals surface area contributed by atoms with Gasteiger partial charge in [0.25, 0.3) is 5.91 Å². The number of hydrogen-bond acceptors (Lipinski definition) is 4. The van der Waals surface area contributed by atoms with Gasteiger partial charge in [-0.3, -0.25) is 4.79 Å². The number of thiazole rings is 1. The van der Waals surface area contributed by atoms with Crippen LogP contribution in [0.3, 0.4) is 0 Å². The predicted molar refractivity (Wildman–Crippen MR) is 105 cm³/mol. The largest absolute Gasteiger partial charge is 0.319 e. The molecule has 0 radical (unpaired) electrons. The number of benzene rings is 2. The van der Waals surface area contributed by atoms with Gasteiger partial charge >= 0.3 is 0 Å². The van der Waals surface area contributed by atoms with E-state index in [1.807, 2.05) is 43.7 Å². The normalized spacial score (nSPS) is 12.7. The first-order chi connectivity index (χ1) is 12.3. The van der Waals surface area contributed by atoms with Crippen LogP contribution >= 0.6 is 11.3 Å². The Hall–Kier alpha value is -2.25. The van der Waals surface area contributed by atoms with Crippen LogP contribution < -0.4 is 4.80 Å². The Balaban J connectivity index is 1.88. The summed E-state index contributed by atoms with van der Waals surface area (Å²) in [5, 5.41) is 0. The van der Waals surface area contributed by atoms with E-state index in [1.165, 1.54) is 11.3 Å². The molecule has 1 amide bonds. The van der Waals surface area contributed by atoms with Crippen LogP contribution in [-0.2, 0) is 27.4 Å². The summed E-state index contributed by atoms with van der Waals surface area (Å²) in [5.74, 6) is -1.39. The Bertz CT molecular complexity index is 1140. The Labute approximate surface area is 156 Å². The lowest BCUT2D eigenvalue weighted by atomic mass is 10.1. The number of carbonyl (C=O) groups is 1. The zero-order valence-electron chi connectivity index (χ0n) is 14.9. The van der Waals surface area contributed by atoms with Crippen LogP contribution in [0.25, 0.3) is 10.2 Å². The molecule has 0 aliphatic carbocycles. The monoisotopic (exact) mass is 388 g/mol. The van der Waals surface area contributed by atoms with Gasteiger partial charge in [0.15, 0.2) is 14.6 Å². The van der Waals surface area contributed by atoms with Crippen molar-refractivity contribution in [3.63, 3.8) is 0 Å². The number of aromatic nitrogens is 1. The van der Waals surface area contributed by atoms with Crippen LogP contribution in [0.5, 0.6) is 0 Å². The van der Waals surface area contributed by atoms with Gasteiger partial charge in [0, 0.05) is 7.05 Å². The fraction of sp³-hybridized carbons (Fsp3) is 0.263. The fourth-order valence-corrected chi connectivity index (χ4v) is 5.18. The maximum atomic E-state index is 12.3. The van der Waals surface area contributed by atoms with E-state index in [0.29, 0.717) is 10.4 Å². The second kappa shape index (κ2) is 7.17. The minimum Gasteiger partial charge on any atom is -0.319 e. The number of aryl methyl sites for hydroxylation is 3. The number of nitrogens with zero attached hydrogens (tertiary/aromatic N) is 2. The summed E-state index contributed by atoms with van der Waals surface area (Å²) < 4.78 is 27.4. The number of sulfone groups is 1. The quantitative estimate of drug-likeness (QED) is 0.690. The molecule has 7 heteroatoms. The standard InChI is InChI=1S/C19H20N2O3S2/c1-13-9-10-16-18(14(13)2)21(3)19(25-16)20-17(22)12-26(23,24)11-15-7-5-4-6-8-15/h4-10H,11-12H2,1-3H3. The van der Waals surface area contributed by atoms with E-state index in [-0.39, 0.29) is 5.75 Å². The molecule has 0 aliphatic heterocycles. The second-order valence-corrected chi connectivity index (χ2v) is 9.39. The van der Waals surface area contributed by atoms with E-state index in [4.69, 9.17) is 0 Å². The van der Waals surface area contributed by atoms with E-state index in [1.54, 1.807) is 24.3 Å². The van der Waals surface area contributed by atoms with Crippen molar-refractivity contribution in [3.8, 4) is 0 Å². The number of fused-ring (bicyclic) bond motifs is 1. The van der Waals surface area contributed by atoms with Crippen LogP contribution in [0.1, 0.15) is 16.7 Å². The molecule has 0 bridgehead atoms. The molecule has 0 fully saturated rings. The van der Waals surface area contributed by atoms with Crippen LogP contribution in [0.2, 0.25) is 0 Å². The van der Waals surface area contributed by atoms with Gasteiger partial charge in [0.05, 0.1) is 16.0 Å². The molecule has 5 nitrogen and oxygen atoms in total. The molecule has 0 atom stereocenters. The highest BCUT2D eigenvalue weighted by molar-refractivity contribution is 7.91. The molecule has 136 valence electrons. The van der Waals surface area contributed by atoms with Crippen molar-refractivity contribution >= 4 is 37.3 Å². The third-order valence-electron chi connectivity index (χ3n) is 4.28. The number of amides is 1. The summed E-state index contributed by atoms with van der Waals surface area (Å²) in [6.45, 7) is 4.06. The highest BCUT2D eigenvalue weighted by Gasteiger charge is 2.17. The van der Waals surface area contributed by atoms with E-state index in [0.717, 1.165) is 21.3 Å². The van der Waals surface area contributed by atoms with Crippen molar-refractivity contribution in [1.29, 1.82) is 0 Å². The molecule has 0 saturated heterocycles. The fourth-order valence-electron chi connectivity index (χ4n) is 2.84. The lowest BCUT2D eigenvalue weighted by molar-refractivity contribution is -0.115. The van der Waals surface area contributed by atoms with E-state index < -0.39 is 21.5 Å². The first-order valence-corrected chi connectivity index (χ1v) is 10.8. The summed E-state index contributed by atoms with van der Waals surface area (Å²) in [6, 6.07) is 12.9. The summed E-state index contributed by atoms with van der Waals surface area (Å²) in [4.78, 5) is 16.8. The molecule has 0 spiro atoms. The zero-order chi connectivity index (χ0) is 18.9. The highest BCUT2D eigenvalue weighted by Crippen LogP contribution is 2.22. The molecule has 2 aromatic carbocycles. The van der Waals surface area contributed by atoms with Gasteiger partial charge in [-0.15, -0.1) is 0 Å². The first kappa shape index (κ1) is 18.5. The minimum absolute atomic E-state index is 0.161. The zero-order valence-corrected chi connectivity index (χ0v) is 16.5. The SMILES string of the molecule is Cc1ccc2sc(=NC(=O)CS(=O)(=O)Cc3ccccc3)n(C)c2c1C. The van der Waals surface area contributed by atoms with Crippen LogP contribution in [-0.4, -0.2) is 24.6 Å². The van der Waals surface area contributed by atoms with Crippen molar-refractivity contribution in [2.45, 2.75) is 19.6 Å². The molecular weight excluding hydrogens is 368 g/mol. The summed E-state index contributed by atoms with van der Waals surface area (Å²) >= 11 is 1.39. The molecule has 1 aromatic heterocycles. The van der Waals surface area contributed by atoms with Gasteiger partial charge in [-0.1, -0.05) is 47.7 Å². The average molecular weight is 389 g/mol. The Kier molecular flexibility index (Phi) is 5.11. The minimum atomic E-state index is -3.56. The third-order valence-corrected chi connectivity index (χ3v) is 6.84. The maximum absolute atomic E-state index is 12.3. The molecule has 3 aromatic rings. The Morgan fingerprint density at radius 1 is 1.12 bits per heavy atom. The van der Waals surface area contributed by atoms with Crippen LogP contribution in [0.15, 0.2) is 47.5 Å². The smallest absolute Gasteiger partial charge is 0.263 e. The van der Waals surface area contributed by atoms with Gasteiger partial charge < -0.3 is 4.57 Å². The summed E-state index contributed by atoms with van der Waals surface area (Å²) in [6.07, 6.45) is 0. The van der Waals surface area contributed by atoms with Gasteiger partial charge in [0.1, 0.15) is 5.75 Å². The second-order valence-electron chi connectivity index (χ2n) is 6.32. The summed E-state index contributed by atoms with van der Waals surface area (Å²) in [7, 11) is -1.72. The molecule has 26 heavy (non-hydrogen) atoms. The predicted octanol–water partition coefficient (Wildman–Crippen LogP) is 2.90. The average Bonchev–Trinajstić information content (AvgIpc) is 2.87. The van der Waals surface area contributed by atoms with Crippen molar-refractivity contribution in [2.24, 2.45) is 12.0 Å². The number of carbonyl (C=O) groups excluding carboxylic acids is 1. The van der Waals surface area contributed by atoms with Crippen molar-refractivity contribution < 1.29 is 13.2 Å². The molecule has 3 rings (SSSR count). The van der Waals surface area contributed by atoms with Crippen molar-refractivity contribution in [1.82, 2.24) is 4.57 Å². The van der Waals surface area contributed by atoms with Gasteiger partial charge in [-0.05, 0) is 36.6 Å². The molecule has 0 unspecified atom stereocenters. The molecule has 0 N–H and O–H groups in total. The van der Waals surface area contributed by atoms with Crippen molar-refractivity contribution in [2.75, 3.05) is 5.75 Å². The van der Waals surface area contributed by atoms with Gasteiger partial charge in [0.2, 0.25) is 0 Å². The van der Waals surface area contributed by atoms with E-state index >= 15 is 0 Å². The van der Waals surface area contributed by atoms with Crippen LogP contribution in [0, 0.1) is 13.8 Å². The molecule has 0 aliphatic rings. The molecular formula is C19H20N2O3S2. The first-order valence-electron chi connectivity index (χ1n) is 8.14. The van der Waals surface area contributed by atoms with E-state index in [9.17, 15) is 13.2 Å². The lowest BCUT2D eigenvalue weighted by Gasteiger charge is -2.03. The lowest BCUT2D eigenvalue weighted by Crippen LogP contribution is -2.20. The molecule has 1 heterocycles. The van der Waals surface area contributed by atoms with Gasteiger partial charge in [-0.2, -0.15) is 4.99 Å².